The van der Waals surface area contributed by atoms with Gasteiger partial charge in [-0.3, -0.25) is 9.59 Å². The van der Waals surface area contributed by atoms with E-state index in [4.69, 9.17) is 4.74 Å². The van der Waals surface area contributed by atoms with E-state index in [1.165, 1.54) is 43.5 Å². The van der Waals surface area contributed by atoms with E-state index in [1.807, 2.05) is 0 Å². The Morgan fingerprint density at radius 2 is 1.95 bits per heavy atom. The van der Waals surface area contributed by atoms with Crippen molar-refractivity contribution in [3.63, 3.8) is 0 Å². The minimum atomic E-state index is -0.409. The first-order valence-electron chi connectivity index (χ1n) is 7.81. The van der Waals surface area contributed by atoms with Gasteiger partial charge in [-0.1, -0.05) is 6.42 Å². The fourth-order valence-corrected chi connectivity index (χ4v) is 3.78. The lowest BCUT2D eigenvalue weighted by molar-refractivity contribution is -0.148. The fourth-order valence-electron chi connectivity index (χ4n) is 3.78. The van der Waals surface area contributed by atoms with Gasteiger partial charge in [0.05, 0.1) is 0 Å². The third kappa shape index (κ3) is 3.64. The van der Waals surface area contributed by atoms with Crippen molar-refractivity contribution in [2.45, 2.75) is 32.1 Å². The first-order valence-corrected chi connectivity index (χ1v) is 7.81. The van der Waals surface area contributed by atoms with E-state index in [2.05, 4.69) is 5.32 Å². The molecule has 2 aliphatic rings. The molecule has 0 aromatic heterocycles. The molecule has 2 bridgehead atoms. The lowest BCUT2D eigenvalue weighted by Crippen LogP contribution is -2.23. The van der Waals surface area contributed by atoms with E-state index in [9.17, 15) is 14.0 Å². The second-order valence-corrected chi connectivity index (χ2v) is 6.35. The summed E-state index contributed by atoms with van der Waals surface area (Å²) >= 11 is 0. The van der Waals surface area contributed by atoms with Crippen LogP contribution in [-0.2, 0) is 14.3 Å². The van der Waals surface area contributed by atoms with Crippen LogP contribution in [0.15, 0.2) is 24.3 Å². The van der Waals surface area contributed by atoms with Gasteiger partial charge in [-0.05, 0) is 61.3 Å². The van der Waals surface area contributed by atoms with Crippen LogP contribution in [0.1, 0.15) is 32.1 Å². The van der Waals surface area contributed by atoms with Crippen LogP contribution in [0.4, 0.5) is 10.1 Å². The third-order valence-electron chi connectivity index (χ3n) is 4.81. The third-order valence-corrected chi connectivity index (χ3v) is 4.81. The van der Waals surface area contributed by atoms with Crippen LogP contribution in [0.3, 0.4) is 0 Å². The Labute approximate surface area is 129 Å². The minimum Gasteiger partial charge on any atom is -0.456 e. The first kappa shape index (κ1) is 15.0. The average molecular weight is 305 g/mol. The highest BCUT2D eigenvalue weighted by Gasteiger charge is 2.40. The van der Waals surface area contributed by atoms with E-state index < -0.39 is 5.91 Å². The molecule has 0 radical (unpaired) electrons. The Balaban J connectivity index is 1.39. The number of ether oxygens (including phenoxy) is 1. The van der Waals surface area contributed by atoms with Crippen LogP contribution < -0.4 is 5.32 Å². The van der Waals surface area contributed by atoms with Crippen molar-refractivity contribution in [1.29, 1.82) is 0 Å². The van der Waals surface area contributed by atoms with Gasteiger partial charge in [-0.2, -0.15) is 0 Å². The maximum atomic E-state index is 12.8. The molecule has 0 aliphatic heterocycles. The van der Waals surface area contributed by atoms with Crippen molar-refractivity contribution < 1.29 is 18.7 Å². The maximum absolute atomic E-state index is 12.8. The molecule has 0 spiro atoms. The number of halogens is 1. The lowest BCUT2D eigenvalue weighted by atomic mass is 9.86. The quantitative estimate of drug-likeness (QED) is 0.850. The predicted octanol–water partition coefficient (Wildman–Crippen LogP) is 3.13. The molecule has 1 aromatic rings. The minimum absolute atomic E-state index is 0.295. The molecule has 0 saturated heterocycles. The Hall–Kier alpha value is -1.91. The first-order chi connectivity index (χ1) is 10.6. The topological polar surface area (TPSA) is 55.4 Å². The molecular formula is C17H20FNO3. The van der Waals surface area contributed by atoms with Gasteiger partial charge in [0.15, 0.2) is 6.61 Å². The summed E-state index contributed by atoms with van der Waals surface area (Å²) < 4.78 is 17.8. The van der Waals surface area contributed by atoms with Crippen LogP contribution in [0.5, 0.6) is 0 Å². The lowest BCUT2D eigenvalue weighted by Gasteiger charge is -2.20. The molecule has 0 unspecified atom stereocenters. The number of nitrogens with one attached hydrogen (secondary N) is 1. The Bertz CT molecular complexity index is 558. The van der Waals surface area contributed by atoms with Gasteiger partial charge in [0.1, 0.15) is 5.82 Å². The highest BCUT2D eigenvalue weighted by atomic mass is 19.1. The van der Waals surface area contributed by atoms with Crippen LogP contribution in [0.2, 0.25) is 0 Å². The van der Waals surface area contributed by atoms with Gasteiger partial charge in [0, 0.05) is 12.1 Å². The van der Waals surface area contributed by atoms with Crippen molar-refractivity contribution in [3.8, 4) is 0 Å². The smallest absolute Gasteiger partial charge is 0.306 e. The number of anilines is 1. The van der Waals surface area contributed by atoms with Gasteiger partial charge in [-0.25, -0.2) is 4.39 Å². The summed E-state index contributed by atoms with van der Waals surface area (Å²) in [6.45, 7) is -0.295. The molecule has 1 aromatic carbocycles. The highest BCUT2D eigenvalue weighted by Crippen LogP contribution is 2.49. The number of hydrogen-bond donors (Lipinski definition) is 1. The Morgan fingerprint density at radius 1 is 1.18 bits per heavy atom. The summed E-state index contributed by atoms with van der Waals surface area (Å²) in [6, 6.07) is 5.45. The molecule has 2 saturated carbocycles. The number of esters is 1. The number of carbonyl (C=O) groups is 2. The molecule has 3 atom stereocenters. The van der Waals surface area contributed by atoms with E-state index in [1.54, 1.807) is 0 Å². The van der Waals surface area contributed by atoms with Gasteiger partial charge >= 0.3 is 5.97 Å². The fraction of sp³-hybridized carbons (Fsp3) is 0.529. The van der Waals surface area contributed by atoms with Crippen molar-refractivity contribution >= 4 is 17.6 Å². The van der Waals surface area contributed by atoms with E-state index >= 15 is 0 Å². The second kappa shape index (κ2) is 6.46. The summed E-state index contributed by atoms with van der Waals surface area (Å²) in [5.74, 6) is 0.830. The van der Waals surface area contributed by atoms with Crippen LogP contribution >= 0.6 is 0 Å². The van der Waals surface area contributed by atoms with Crippen LogP contribution in [-0.4, -0.2) is 18.5 Å². The summed E-state index contributed by atoms with van der Waals surface area (Å²) in [6.07, 6.45) is 5.33. The largest absolute Gasteiger partial charge is 0.456 e. The van der Waals surface area contributed by atoms with Gasteiger partial charge < -0.3 is 10.1 Å². The summed E-state index contributed by atoms with van der Waals surface area (Å²) in [7, 11) is 0. The number of rotatable bonds is 5. The molecular weight excluding hydrogens is 285 g/mol. The van der Waals surface area contributed by atoms with Crippen LogP contribution in [0, 0.1) is 23.6 Å². The molecule has 5 heteroatoms. The van der Waals surface area contributed by atoms with Gasteiger partial charge in [0.2, 0.25) is 0 Å². The molecule has 4 nitrogen and oxygen atoms in total. The van der Waals surface area contributed by atoms with E-state index in [-0.39, 0.29) is 18.4 Å². The number of hydrogen-bond acceptors (Lipinski definition) is 3. The Morgan fingerprint density at radius 3 is 2.59 bits per heavy atom. The van der Waals surface area contributed by atoms with Crippen LogP contribution in [0.25, 0.3) is 0 Å². The zero-order valence-corrected chi connectivity index (χ0v) is 12.4. The van der Waals surface area contributed by atoms with E-state index in [0.29, 0.717) is 23.9 Å². The summed E-state index contributed by atoms with van der Waals surface area (Å²) in [5.41, 5.74) is 0.482. The average Bonchev–Trinajstić information content (AvgIpc) is 3.10. The molecule has 2 fully saturated rings. The second-order valence-electron chi connectivity index (χ2n) is 6.35. The monoisotopic (exact) mass is 305 g/mol. The highest BCUT2D eigenvalue weighted by molar-refractivity contribution is 5.92. The van der Waals surface area contributed by atoms with E-state index in [0.717, 1.165) is 12.3 Å². The molecule has 2 aliphatic carbocycles. The SMILES string of the molecule is O=C(COC(=O)C[C@@H]1C[C@H]2CC[C@H]1C2)Nc1ccc(F)cc1. The Kier molecular flexibility index (Phi) is 4.41. The standard InChI is InChI=1S/C17H20FNO3/c18-14-3-5-15(6-4-14)19-16(20)10-22-17(21)9-13-8-11-1-2-12(13)7-11/h3-6,11-13H,1-2,7-10H2,(H,19,20)/t11-,12-,13-/m0/s1. The molecule has 1 N–H and O–H groups in total. The predicted molar refractivity (Wildman–Crippen MR) is 79.5 cm³/mol. The zero-order valence-electron chi connectivity index (χ0n) is 12.4. The van der Waals surface area contributed by atoms with Gasteiger partial charge in [-0.15, -0.1) is 0 Å². The number of benzene rings is 1. The molecule has 22 heavy (non-hydrogen) atoms. The van der Waals surface area contributed by atoms with Crippen molar-refractivity contribution in [2.24, 2.45) is 17.8 Å². The maximum Gasteiger partial charge on any atom is 0.306 e. The van der Waals surface area contributed by atoms with Crippen molar-refractivity contribution in [2.75, 3.05) is 11.9 Å². The van der Waals surface area contributed by atoms with Crippen molar-refractivity contribution in [1.82, 2.24) is 0 Å². The van der Waals surface area contributed by atoms with Gasteiger partial charge in [0.25, 0.3) is 5.91 Å². The molecule has 3 rings (SSSR count). The normalized spacial score (nSPS) is 26.0. The molecule has 118 valence electrons. The molecule has 1 amide bonds. The number of amides is 1. The number of carbonyl (C=O) groups excluding carboxylic acids is 2. The molecule has 0 heterocycles. The summed E-state index contributed by atoms with van der Waals surface area (Å²) in [4.78, 5) is 23.5. The summed E-state index contributed by atoms with van der Waals surface area (Å²) in [5, 5.41) is 2.56. The number of fused-ring (bicyclic) bond motifs is 2. The van der Waals surface area contributed by atoms with Crippen molar-refractivity contribution in [3.05, 3.63) is 30.1 Å². The zero-order chi connectivity index (χ0) is 15.5.